The van der Waals surface area contributed by atoms with E-state index in [9.17, 15) is 9.59 Å². The lowest BCUT2D eigenvalue weighted by Gasteiger charge is -2.11. The first-order valence-corrected chi connectivity index (χ1v) is 5.42. The van der Waals surface area contributed by atoms with Crippen LogP contribution in [0.2, 0.25) is 0 Å². The molecule has 0 aliphatic heterocycles. The first-order chi connectivity index (χ1) is 7.95. The molecule has 92 valence electrons. The maximum Gasteiger partial charge on any atom is 0.248 e. The van der Waals surface area contributed by atoms with Crippen LogP contribution in [0.5, 0.6) is 0 Å². The number of nitrogens with two attached hydrogens (primary N) is 2. The fourth-order valence-electron chi connectivity index (χ4n) is 1.44. The number of benzene rings is 1. The lowest BCUT2D eigenvalue weighted by Crippen LogP contribution is -2.34. The smallest absolute Gasteiger partial charge is 0.248 e. The van der Waals surface area contributed by atoms with Crippen molar-refractivity contribution in [2.45, 2.75) is 26.3 Å². The topological polar surface area (TPSA) is 98.2 Å². The molecular formula is C12H17N3O2. The minimum Gasteiger partial charge on any atom is -0.366 e. The number of primary amides is 1. The average molecular weight is 235 g/mol. The highest BCUT2D eigenvalue weighted by Gasteiger charge is 2.12. The van der Waals surface area contributed by atoms with Crippen molar-refractivity contribution in [2.24, 2.45) is 11.5 Å². The molecule has 0 radical (unpaired) electrons. The standard InChI is InChI=1S/C12H17N3O2/c1-3-10(13)12(17)15-8-4-5-9(11(14)16)7(2)6-8/h4-6,10H,3,13H2,1-2H3,(H2,14,16)(H,15,17)/t10-/m0/s1. The Bertz CT molecular complexity index is 443. The minimum absolute atomic E-state index is 0.237. The molecule has 0 saturated carbocycles. The number of nitrogens with one attached hydrogen (secondary N) is 1. The number of hydrogen-bond acceptors (Lipinski definition) is 3. The molecule has 0 heterocycles. The summed E-state index contributed by atoms with van der Waals surface area (Å²) in [4.78, 5) is 22.6. The van der Waals surface area contributed by atoms with Gasteiger partial charge < -0.3 is 16.8 Å². The SMILES string of the molecule is CC[C@H](N)C(=O)Nc1ccc(C(N)=O)c(C)c1. The minimum atomic E-state index is -0.522. The first-order valence-electron chi connectivity index (χ1n) is 5.42. The summed E-state index contributed by atoms with van der Waals surface area (Å²) in [6, 6.07) is 4.39. The fraction of sp³-hybridized carbons (Fsp3) is 0.333. The van der Waals surface area contributed by atoms with Gasteiger partial charge in [0.05, 0.1) is 6.04 Å². The van der Waals surface area contributed by atoms with Gasteiger partial charge in [-0.15, -0.1) is 0 Å². The molecule has 0 aliphatic rings. The van der Waals surface area contributed by atoms with Crippen LogP contribution in [0.15, 0.2) is 18.2 Å². The zero-order chi connectivity index (χ0) is 13.0. The molecule has 1 atom stereocenters. The summed E-state index contributed by atoms with van der Waals surface area (Å²) in [6.07, 6.45) is 0.574. The lowest BCUT2D eigenvalue weighted by atomic mass is 10.1. The first kappa shape index (κ1) is 13.2. The summed E-state index contributed by atoms with van der Waals surface area (Å²) in [7, 11) is 0. The number of amides is 2. The van der Waals surface area contributed by atoms with Gasteiger partial charge in [0.15, 0.2) is 0 Å². The van der Waals surface area contributed by atoms with Crippen LogP contribution in [0.4, 0.5) is 5.69 Å². The number of hydrogen-bond donors (Lipinski definition) is 3. The molecule has 1 aromatic carbocycles. The summed E-state index contributed by atoms with van der Waals surface area (Å²) in [5, 5.41) is 2.68. The maximum atomic E-state index is 11.5. The van der Waals surface area contributed by atoms with Crippen molar-refractivity contribution in [1.29, 1.82) is 0 Å². The van der Waals surface area contributed by atoms with E-state index in [0.29, 0.717) is 17.7 Å². The van der Waals surface area contributed by atoms with Gasteiger partial charge in [0.1, 0.15) is 0 Å². The normalized spacial score (nSPS) is 11.9. The monoisotopic (exact) mass is 235 g/mol. The third kappa shape index (κ3) is 3.29. The Hall–Kier alpha value is -1.88. The Morgan fingerprint density at radius 2 is 2.06 bits per heavy atom. The van der Waals surface area contributed by atoms with Crippen molar-refractivity contribution in [2.75, 3.05) is 5.32 Å². The Morgan fingerprint density at radius 1 is 1.41 bits per heavy atom. The molecule has 5 nitrogen and oxygen atoms in total. The highest BCUT2D eigenvalue weighted by Crippen LogP contribution is 2.15. The maximum absolute atomic E-state index is 11.5. The second kappa shape index (κ2) is 5.45. The van der Waals surface area contributed by atoms with Gasteiger partial charge in [-0.25, -0.2) is 0 Å². The van der Waals surface area contributed by atoms with Gasteiger partial charge in [-0.05, 0) is 37.1 Å². The Morgan fingerprint density at radius 3 is 2.53 bits per heavy atom. The van der Waals surface area contributed by atoms with Crippen molar-refractivity contribution >= 4 is 17.5 Å². The fourth-order valence-corrected chi connectivity index (χ4v) is 1.44. The lowest BCUT2D eigenvalue weighted by molar-refractivity contribution is -0.117. The molecule has 5 N–H and O–H groups in total. The van der Waals surface area contributed by atoms with Gasteiger partial charge in [-0.3, -0.25) is 9.59 Å². The van der Waals surface area contributed by atoms with Gasteiger partial charge in [-0.2, -0.15) is 0 Å². The predicted octanol–water partition coefficient (Wildman–Crippen LogP) is 0.770. The van der Waals surface area contributed by atoms with Crippen LogP contribution in [0.3, 0.4) is 0 Å². The van der Waals surface area contributed by atoms with Gasteiger partial charge >= 0.3 is 0 Å². The molecule has 1 aromatic rings. The van der Waals surface area contributed by atoms with E-state index in [2.05, 4.69) is 5.32 Å². The van der Waals surface area contributed by atoms with Crippen LogP contribution < -0.4 is 16.8 Å². The third-order valence-corrected chi connectivity index (χ3v) is 2.54. The summed E-state index contributed by atoms with van der Waals surface area (Å²) < 4.78 is 0. The summed E-state index contributed by atoms with van der Waals surface area (Å²) in [5.74, 6) is -0.718. The zero-order valence-electron chi connectivity index (χ0n) is 9.99. The molecule has 2 amide bonds. The molecule has 0 unspecified atom stereocenters. The van der Waals surface area contributed by atoms with Crippen molar-refractivity contribution in [3.05, 3.63) is 29.3 Å². The third-order valence-electron chi connectivity index (χ3n) is 2.54. The highest BCUT2D eigenvalue weighted by atomic mass is 16.2. The van der Waals surface area contributed by atoms with E-state index in [1.165, 1.54) is 0 Å². The van der Waals surface area contributed by atoms with E-state index < -0.39 is 11.9 Å². The highest BCUT2D eigenvalue weighted by molar-refractivity contribution is 5.97. The second-order valence-electron chi connectivity index (χ2n) is 3.90. The van der Waals surface area contributed by atoms with Crippen LogP contribution in [-0.4, -0.2) is 17.9 Å². The Balaban J connectivity index is 2.84. The number of aryl methyl sites for hydroxylation is 1. The molecule has 0 saturated heterocycles. The summed E-state index contributed by atoms with van der Waals surface area (Å²) in [5.41, 5.74) is 12.6. The molecule has 0 aromatic heterocycles. The van der Waals surface area contributed by atoms with E-state index in [-0.39, 0.29) is 5.91 Å². The molecular weight excluding hydrogens is 218 g/mol. The van der Waals surface area contributed by atoms with Crippen LogP contribution >= 0.6 is 0 Å². The van der Waals surface area contributed by atoms with E-state index in [4.69, 9.17) is 11.5 Å². The van der Waals surface area contributed by atoms with Gasteiger partial charge in [-0.1, -0.05) is 6.92 Å². The van der Waals surface area contributed by atoms with Crippen molar-refractivity contribution < 1.29 is 9.59 Å². The van der Waals surface area contributed by atoms with Crippen LogP contribution in [0, 0.1) is 6.92 Å². The molecule has 17 heavy (non-hydrogen) atoms. The van der Waals surface area contributed by atoms with E-state index >= 15 is 0 Å². The van der Waals surface area contributed by atoms with E-state index in [1.807, 2.05) is 6.92 Å². The summed E-state index contributed by atoms with van der Waals surface area (Å²) >= 11 is 0. The Labute approximate surface area is 100 Å². The molecule has 0 spiro atoms. The van der Waals surface area contributed by atoms with Crippen molar-refractivity contribution in [1.82, 2.24) is 0 Å². The van der Waals surface area contributed by atoms with Crippen molar-refractivity contribution in [3.8, 4) is 0 Å². The number of carbonyl (C=O) groups is 2. The van der Waals surface area contributed by atoms with Gasteiger partial charge in [0.2, 0.25) is 11.8 Å². The van der Waals surface area contributed by atoms with Crippen LogP contribution in [0.1, 0.15) is 29.3 Å². The molecule has 5 heteroatoms. The van der Waals surface area contributed by atoms with Crippen molar-refractivity contribution in [3.63, 3.8) is 0 Å². The predicted molar refractivity (Wildman–Crippen MR) is 66.6 cm³/mol. The van der Waals surface area contributed by atoms with Crippen LogP contribution in [-0.2, 0) is 4.79 Å². The van der Waals surface area contributed by atoms with E-state index in [0.717, 1.165) is 5.56 Å². The van der Waals surface area contributed by atoms with Gasteiger partial charge in [0, 0.05) is 11.3 Å². The second-order valence-corrected chi connectivity index (χ2v) is 3.90. The number of carbonyl (C=O) groups excluding carboxylic acids is 2. The largest absolute Gasteiger partial charge is 0.366 e. The van der Waals surface area contributed by atoms with E-state index in [1.54, 1.807) is 25.1 Å². The van der Waals surface area contributed by atoms with Crippen LogP contribution in [0.25, 0.3) is 0 Å². The molecule has 0 bridgehead atoms. The van der Waals surface area contributed by atoms with Gasteiger partial charge in [0.25, 0.3) is 0 Å². The average Bonchev–Trinajstić information content (AvgIpc) is 2.27. The Kier molecular flexibility index (Phi) is 4.23. The molecule has 0 aliphatic carbocycles. The summed E-state index contributed by atoms with van der Waals surface area (Å²) in [6.45, 7) is 3.60. The zero-order valence-corrected chi connectivity index (χ0v) is 9.99. The number of anilines is 1. The number of rotatable bonds is 4. The molecule has 0 fully saturated rings. The quantitative estimate of drug-likeness (QED) is 0.718. The molecule has 1 rings (SSSR count).